The molecule has 1 N–H and O–H groups in total. The van der Waals surface area contributed by atoms with Gasteiger partial charge in [-0.15, -0.1) is 0 Å². The van der Waals surface area contributed by atoms with Gasteiger partial charge >= 0.3 is 0 Å². The monoisotopic (exact) mass is 180 g/mol. The Bertz CT molecular complexity index is 172. The quantitative estimate of drug-likeness (QED) is 0.645. The van der Waals surface area contributed by atoms with Crippen molar-refractivity contribution < 1.29 is 0 Å². The Hall–Kier alpha value is -0.435. The van der Waals surface area contributed by atoms with Crippen LogP contribution in [0.3, 0.4) is 0 Å². The normalized spacial score (nSPS) is 23.5. The number of nitrogens with one attached hydrogen (secondary N) is 1. The van der Waals surface area contributed by atoms with E-state index in [1.165, 1.54) is 25.9 Å². The molecule has 0 bridgehead atoms. The van der Waals surface area contributed by atoms with Crippen LogP contribution >= 0.6 is 0 Å². The van der Waals surface area contributed by atoms with E-state index in [1.54, 1.807) is 0 Å². The minimum absolute atomic E-state index is 0.425. The first-order valence-electron chi connectivity index (χ1n) is 5.26. The second-order valence-corrected chi connectivity index (χ2v) is 4.35. The zero-order valence-corrected chi connectivity index (χ0v) is 9.14. The number of piperidine rings is 1. The van der Waals surface area contributed by atoms with Crippen LogP contribution in [-0.2, 0) is 0 Å². The summed E-state index contributed by atoms with van der Waals surface area (Å²) in [6.07, 6.45) is 7.02. The van der Waals surface area contributed by atoms with Crippen LogP contribution in [0.4, 0.5) is 0 Å². The molecular weight excluding hydrogens is 159 g/mol. The van der Waals surface area contributed by atoms with Crippen molar-refractivity contribution in [3.05, 3.63) is 12.3 Å². The predicted octanol–water partition coefficient (Wildman–Crippen LogP) is 0.760. The van der Waals surface area contributed by atoms with Gasteiger partial charge in [0.05, 0.1) is 0 Å². The first-order chi connectivity index (χ1) is 6.16. The van der Waals surface area contributed by atoms with Crippen molar-refractivity contribution in [2.24, 2.45) is 5.41 Å². The van der Waals surface area contributed by atoms with Gasteiger partial charge in [0, 0.05) is 6.54 Å². The highest BCUT2D eigenvalue weighted by Crippen LogP contribution is 2.31. The summed E-state index contributed by atoms with van der Waals surface area (Å²) >= 11 is 0. The van der Waals surface area contributed by atoms with Crippen LogP contribution in [0.2, 0.25) is 0 Å². The zero-order chi connectivity index (χ0) is 9.73. The molecule has 0 spiro atoms. The lowest BCUT2D eigenvalue weighted by atomic mass is 9.79. The van der Waals surface area contributed by atoms with E-state index in [0.717, 1.165) is 6.54 Å². The van der Waals surface area contributed by atoms with E-state index >= 15 is 0 Å². The smallest absolute Gasteiger partial charge is 0.185 e. The Labute approximate surface area is 82.8 Å². The number of hydrogen-bond donors (Lipinski definition) is 1. The summed E-state index contributed by atoms with van der Waals surface area (Å²) in [7, 11) is 2.20. The largest absolute Gasteiger partial charge is 0.391 e. The number of nitrogens with zero attached hydrogens (tertiary/aromatic N) is 1. The molecule has 0 aromatic heterocycles. The van der Waals surface area contributed by atoms with Crippen LogP contribution in [0.25, 0.3) is 0 Å². The van der Waals surface area contributed by atoms with Crippen molar-refractivity contribution >= 4 is 7.98 Å². The van der Waals surface area contributed by atoms with Crippen LogP contribution in [0.1, 0.15) is 26.7 Å². The van der Waals surface area contributed by atoms with E-state index in [1.807, 2.05) is 0 Å². The molecule has 0 aromatic rings. The van der Waals surface area contributed by atoms with Gasteiger partial charge in [-0.1, -0.05) is 13.0 Å². The molecule has 0 amide bonds. The van der Waals surface area contributed by atoms with Crippen molar-refractivity contribution in [3.63, 3.8) is 0 Å². The van der Waals surface area contributed by atoms with Crippen LogP contribution in [-0.4, -0.2) is 32.4 Å². The summed E-state index contributed by atoms with van der Waals surface area (Å²) in [5.74, 6) is 0. The van der Waals surface area contributed by atoms with Gasteiger partial charge < -0.3 is 10.1 Å². The van der Waals surface area contributed by atoms with E-state index in [-0.39, 0.29) is 0 Å². The molecule has 1 saturated heterocycles. The maximum absolute atomic E-state index is 3.24. The molecule has 1 rings (SSSR count). The molecule has 13 heavy (non-hydrogen) atoms. The fraction of sp³-hybridized carbons (Fsp3) is 0.800. The van der Waals surface area contributed by atoms with Crippen LogP contribution < -0.4 is 5.32 Å². The standard InChI is InChI=1S/C10H21BN2/c1-3-12-7-4-10(2)5-8-13(11)9-6-10/h4,7,12H,3,5-6,8-9,11H2,1-2H3/b7-4-. The summed E-state index contributed by atoms with van der Waals surface area (Å²) in [5, 5.41) is 3.24. The average Bonchev–Trinajstić information content (AvgIpc) is 2.12. The van der Waals surface area contributed by atoms with Crippen molar-refractivity contribution in [2.75, 3.05) is 19.6 Å². The van der Waals surface area contributed by atoms with Crippen molar-refractivity contribution in [3.8, 4) is 0 Å². The van der Waals surface area contributed by atoms with Crippen LogP contribution in [0, 0.1) is 5.41 Å². The molecule has 74 valence electrons. The van der Waals surface area contributed by atoms with Gasteiger partial charge in [-0.3, -0.25) is 0 Å². The highest BCUT2D eigenvalue weighted by atomic mass is 15.0. The van der Waals surface area contributed by atoms with E-state index in [9.17, 15) is 0 Å². The van der Waals surface area contributed by atoms with Gasteiger partial charge in [-0.25, -0.2) is 0 Å². The van der Waals surface area contributed by atoms with Gasteiger partial charge in [0.2, 0.25) is 0 Å². The lowest BCUT2D eigenvalue weighted by Crippen LogP contribution is -2.36. The zero-order valence-electron chi connectivity index (χ0n) is 9.14. The Kier molecular flexibility index (Phi) is 3.85. The lowest BCUT2D eigenvalue weighted by molar-refractivity contribution is 0.229. The molecule has 0 aliphatic carbocycles. The molecule has 0 radical (unpaired) electrons. The summed E-state index contributed by atoms with van der Waals surface area (Å²) < 4.78 is 0. The predicted molar refractivity (Wildman–Crippen MR) is 60.3 cm³/mol. The number of hydrogen-bond acceptors (Lipinski definition) is 2. The minimum Gasteiger partial charge on any atom is -0.391 e. The van der Waals surface area contributed by atoms with Crippen molar-refractivity contribution in [2.45, 2.75) is 26.7 Å². The Morgan fingerprint density at radius 2 is 2.08 bits per heavy atom. The highest BCUT2D eigenvalue weighted by molar-refractivity contribution is 6.04. The Balaban J connectivity index is 2.38. The van der Waals surface area contributed by atoms with Gasteiger partial charge in [0.15, 0.2) is 7.98 Å². The Morgan fingerprint density at radius 3 is 2.62 bits per heavy atom. The highest BCUT2D eigenvalue weighted by Gasteiger charge is 2.25. The SMILES string of the molecule is BN1CCC(C)(/C=C\NCC)CC1. The third-order valence-electron chi connectivity index (χ3n) is 2.94. The lowest BCUT2D eigenvalue weighted by Gasteiger charge is -2.36. The molecule has 0 unspecified atom stereocenters. The molecule has 0 atom stereocenters. The molecule has 3 heteroatoms. The molecule has 1 aliphatic heterocycles. The summed E-state index contributed by atoms with van der Waals surface area (Å²) in [5.41, 5.74) is 0.425. The maximum Gasteiger partial charge on any atom is 0.185 e. The third-order valence-corrected chi connectivity index (χ3v) is 2.94. The van der Waals surface area contributed by atoms with Gasteiger partial charge in [0.25, 0.3) is 0 Å². The molecule has 1 heterocycles. The van der Waals surface area contributed by atoms with Crippen molar-refractivity contribution in [1.29, 1.82) is 0 Å². The molecule has 1 aliphatic rings. The molecular formula is C10H21BN2. The van der Waals surface area contributed by atoms with Gasteiger partial charge in [-0.05, 0) is 44.5 Å². The fourth-order valence-electron chi connectivity index (χ4n) is 1.67. The number of allylic oxidation sites excluding steroid dienone is 1. The average molecular weight is 180 g/mol. The topological polar surface area (TPSA) is 15.3 Å². The van der Waals surface area contributed by atoms with E-state index in [2.05, 4.69) is 44.2 Å². The second kappa shape index (κ2) is 4.70. The Morgan fingerprint density at radius 1 is 1.46 bits per heavy atom. The second-order valence-electron chi connectivity index (χ2n) is 4.35. The van der Waals surface area contributed by atoms with Crippen molar-refractivity contribution in [1.82, 2.24) is 10.1 Å². The first kappa shape index (κ1) is 10.6. The van der Waals surface area contributed by atoms with Crippen LogP contribution in [0.5, 0.6) is 0 Å². The van der Waals surface area contributed by atoms with Crippen LogP contribution in [0.15, 0.2) is 12.3 Å². The van der Waals surface area contributed by atoms with E-state index < -0.39 is 0 Å². The minimum atomic E-state index is 0.425. The number of rotatable bonds is 3. The summed E-state index contributed by atoms with van der Waals surface area (Å²) in [4.78, 5) is 2.41. The van der Waals surface area contributed by atoms with Gasteiger partial charge in [-0.2, -0.15) is 0 Å². The van der Waals surface area contributed by atoms with Gasteiger partial charge in [0.1, 0.15) is 0 Å². The fourth-order valence-corrected chi connectivity index (χ4v) is 1.67. The molecule has 2 nitrogen and oxygen atoms in total. The molecule has 1 fully saturated rings. The third kappa shape index (κ3) is 3.43. The van der Waals surface area contributed by atoms with E-state index in [4.69, 9.17) is 0 Å². The summed E-state index contributed by atoms with van der Waals surface area (Å²) in [6.45, 7) is 7.96. The molecule has 0 saturated carbocycles. The first-order valence-corrected chi connectivity index (χ1v) is 5.26. The van der Waals surface area contributed by atoms with E-state index in [0.29, 0.717) is 5.41 Å². The summed E-state index contributed by atoms with van der Waals surface area (Å²) in [6, 6.07) is 0. The maximum atomic E-state index is 3.24. The molecule has 0 aromatic carbocycles.